The second-order valence-corrected chi connectivity index (χ2v) is 4.44. The Morgan fingerprint density at radius 3 is 2.39 bits per heavy atom. The molecule has 2 aromatic rings. The minimum absolute atomic E-state index is 0.0903. The number of non-ortho nitro benzene ring substituents is 1. The highest BCUT2D eigenvalue weighted by Crippen LogP contribution is 2.22. The van der Waals surface area contributed by atoms with Crippen LogP contribution in [0.15, 0.2) is 36.4 Å². The number of benzene rings is 1. The molecule has 0 N–H and O–H groups in total. The lowest BCUT2D eigenvalue weighted by Gasteiger charge is -2.05. The fourth-order valence-corrected chi connectivity index (χ4v) is 2.24. The van der Waals surface area contributed by atoms with Crippen LogP contribution in [0, 0.1) is 17.0 Å². The molecule has 0 aliphatic rings. The normalized spacial score (nSPS) is 10.3. The van der Waals surface area contributed by atoms with E-state index in [0.717, 1.165) is 27.8 Å². The number of nitro groups is 1. The van der Waals surface area contributed by atoms with Gasteiger partial charge in [0.1, 0.15) is 0 Å². The molecule has 0 aliphatic heterocycles. The highest BCUT2D eigenvalue weighted by Gasteiger charge is 2.07. The molecule has 92 valence electrons. The number of nitro benzene ring substituents is 1. The number of alkyl halides is 1. The first-order valence-corrected chi connectivity index (χ1v) is 6.51. The molecule has 1 heterocycles. The first-order valence-electron chi connectivity index (χ1n) is 5.39. The third-order valence-electron chi connectivity index (χ3n) is 2.71. The van der Waals surface area contributed by atoms with E-state index in [1.54, 1.807) is 12.1 Å². The summed E-state index contributed by atoms with van der Waals surface area (Å²) in [6, 6.07) is 10.3. The van der Waals surface area contributed by atoms with Crippen molar-refractivity contribution in [2.45, 2.75) is 12.3 Å². The van der Waals surface area contributed by atoms with Crippen molar-refractivity contribution < 1.29 is 4.92 Å². The third kappa shape index (κ3) is 2.56. The molecule has 0 atom stereocenters. The van der Waals surface area contributed by atoms with Crippen molar-refractivity contribution in [3.63, 3.8) is 0 Å². The van der Waals surface area contributed by atoms with E-state index in [-0.39, 0.29) is 5.69 Å². The zero-order valence-corrected chi connectivity index (χ0v) is 11.3. The molecule has 0 bridgehead atoms. The van der Waals surface area contributed by atoms with Gasteiger partial charge in [0, 0.05) is 28.7 Å². The first kappa shape index (κ1) is 12.7. The predicted molar refractivity (Wildman–Crippen MR) is 73.7 cm³/mol. The summed E-state index contributed by atoms with van der Waals surface area (Å²) >= 11 is 3.40. The Kier molecular flexibility index (Phi) is 3.72. The van der Waals surface area contributed by atoms with E-state index in [9.17, 15) is 10.1 Å². The molecule has 0 saturated heterocycles. The Balaban J connectivity index is 2.36. The summed E-state index contributed by atoms with van der Waals surface area (Å²) in [6.07, 6.45) is 0. The summed E-state index contributed by atoms with van der Waals surface area (Å²) in [5.74, 6) is 0. The summed E-state index contributed by atoms with van der Waals surface area (Å²) in [5, 5.41) is 11.3. The first-order chi connectivity index (χ1) is 8.61. The molecule has 18 heavy (non-hydrogen) atoms. The lowest BCUT2D eigenvalue weighted by molar-refractivity contribution is -0.384. The smallest absolute Gasteiger partial charge is 0.258 e. The van der Waals surface area contributed by atoms with Crippen LogP contribution in [0.25, 0.3) is 11.3 Å². The minimum atomic E-state index is -0.406. The average molecular weight is 307 g/mol. The van der Waals surface area contributed by atoms with Crippen LogP contribution in [-0.2, 0) is 5.33 Å². The summed E-state index contributed by atoms with van der Waals surface area (Å²) in [5.41, 5.74) is 3.90. The highest BCUT2D eigenvalue weighted by molar-refractivity contribution is 9.08. The molecule has 0 spiro atoms. The Morgan fingerprint density at radius 1 is 1.22 bits per heavy atom. The van der Waals surface area contributed by atoms with Gasteiger partial charge in [0.2, 0.25) is 0 Å². The molecule has 2 rings (SSSR count). The van der Waals surface area contributed by atoms with Crippen molar-refractivity contribution in [2.24, 2.45) is 0 Å². The van der Waals surface area contributed by atoms with Crippen LogP contribution in [0.4, 0.5) is 5.69 Å². The molecule has 1 aromatic carbocycles. The second kappa shape index (κ2) is 5.27. The number of aryl methyl sites for hydroxylation is 1. The predicted octanol–water partition coefficient (Wildman–Crippen LogP) is 3.86. The minimum Gasteiger partial charge on any atom is -0.258 e. The van der Waals surface area contributed by atoms with Crippen LogP contribution in [0.1, 0.15) is 11.3 Å². The van der Waals surface area contributed by atoms with E-state index < -0.39 is 4.92 Å². The van der Waals surface area contributed by atoms with Gasteiger partial charge in [0.25, 0.3) is 5.69 Å². The average Bonchev–Trinajstić information content (AvgIpc) is 2.38. The molecule has 5 heteroatoms. The summed E-state index contributed by atoms with van der Waals surface area (Å²) in [4.78, 5) is 14.7. The van der Waals surface area contributed by atoms with Crippen LogP contribution in [0.3, 0.4) is 0 Å². The van der Waals surface area contributed by atoms with Gasteiger partial charge in [-0.3, -0.25) is 15.1 Å². The van der Waals surface area contributed by atoms with Gasteiger partial charge in [0.15, 0.2) is 0 Å². The van der Waals surface area contributed by atoms with Gasteiger partial charge in [-0.1, -0.05) is 22.0 Å². The van der Waals surface area contributed by atoms with Crippen molar-refractivity contribution in [3.8, 4) is 11.3 Å². The number of hydrogen-bond donors (Lipinski definition) is 0. The van der Waals surface area contributed by atoms with Crippen molar-refractivity contribution in [2.75, 3.05) is 0 Å². The largest absolute Gasteiger partial charge is 0.269 e. The van der Waals surface area contributed by atoms with Crippen LogP contribution in [0.2, 0.25) is 0 Å². The molecule has 4 nitrogen and oxygen atoms in total. The van der Waals surface area contributed by atoms with Gasteiger partial charge < -0.3 is 0 Å². The van der Waals surface area contributed by atoms with E-state index in [2.05, 4.69) is 20.9 Å². The van der Waals surface area contributed by atoms with Gasteiger partial charge in [-0.25, -0.2) is 0 Å². The third-order valence-corrected chi connectivity index (χ3v) is 3.32. The number of hydrogen-bond acceptors (Lipinski definition) is 3. The summed E-state index contributed by atoms with van der Waals surface area (Å²) < 4.78 is 0. The van der Waals surface area contributed by atoms with Gasteiger partial charge >= 0.3 is 0 Å². The molecule has 0 amide bonds. The zero-order valence-electron chi connectivity index (χ0n) is 9.76. The van der Waals surface area contributed by atoms with E-state index in [1.807, 2.05) is 19.1 Å². The molecule has 0 radical (unpaired) electrons. The number of pyridine rings is 1. The number of halogens is 1. The molecular weight excluding hydrogens is 296 g/mol. The van der Waals surface area contributed by atoms with Crippen LogP contribution in [-0.4, -0.2) is 9.91 Å². The Morgan fingerprint density at radius 2 is 1.89 bits per heavy atom. The molecular formula is C13H11BrN2O2. The van der Waals surface area contributed by atoms with Crippen molar-refractivity contribution >= 4 is 21.6 Å². The summed E-state index contributed by atoms with van der Waals surface area (Å²) in [7, 11) is 0. The maximum absolute atomic E-state index is 10.6. The van der Waals surface area contributed by atoms with E-state index in [0.29, 0.717) is 0 Å². The zero-order chi connectivity index (χ0) is 13.1. The second-order valence-electron chi connectivity index (χ2n) is 3.88. The lowest BCUT2D eigenvalue weighted by Crippen LogP contribution is -1.93. The van der Waals surface area contributed by atoms with Crippen molar-refractivity contribution in [1.82, 2.24) is 4.98 Å². The highest BCUT2D eigenvalue weighted by atomic mass is 79.9. The number of rotatable bonds is 3. The number of nitrogens with zero attached hydrogens (tertiary/aromatic N) is 2. The quantitative estimate of drug-likeness (QED) is 0.491. The molecule has 0 unspecified atom stereocenters. The van der Waals surface area contributed by atoms with E-state index in [4.69, 9.17) is 0 Å². The summed E-state index contributed by atoms with van der Waals surface area (Å²) in [6.45, 7) is 1.95. The van der Waals surface area contributed by atoms with Crippen LogP contribution < -0.4 is 0 Å². The molecule has 1 aromatic heterocycles. The van der Waals surface area contributed by atoms with Gasteiger partial charge in [-0.15, -0.1) is 0 Å². The van der Waals surface area contributed by atoms with Gasteiger partial charge in [-0.05, 0) is 30.7 Å². The lowest BCUT2D eigenvalue weighted by atomic mass is 10.1. The maximum atomic E-state index is 10.6. The molecule has 0 fully saturated rings. The van der Waals surface area contributed by atoms with Gasteiger partial charge in [0.05, 0.1) is 10.6 Å². The monoisotopic (exact) mass is 306 g/mol. The topological polar surface area (TPSA) is 56.0 Å². The van der Waals surface area contributed by atoms with Crippen molar-refractivity contribution in [3.05, 3.63) is 57.8 Å². The maximum Gasteiger partial charge on any atom is 0.269 e. The molecule has 0 aliphatic carbocycles. The standard InChI is InChI=1S/C13H11BrN2O2/c1-9-11(8-14)4-7-13(15-9)10-2-5-12(6-3-10)16(17)18/h2-7H,8H2,1H3. The fourth-order valence-electron chi connectivity index (χ4n) is 1.65. The SMILES string of the molecule is Cc1nc(-c2ccc([N+](=O)[O-])cc2)ccc1CBr. The van der Waals surface area contributed by atoms with Crippen LogP contribution >= 0.6 is 15.9 Å². The Labute approximate surface area is 113 Å². The Bertz CT molecular complexity index is 582. The van der Waals surface area contributed by atoms with Crippen LogP contribution in [0.5, 0.6) is 0 Å². The van der Waals surface area contributed by atoms with E-state index in [1.165, 1.54) is 12.1 Å². The van der Waals surface area contributed by atoms with Gasteiger partial charge in [-0.2, -0.15) is 0 Å². The number of aromatic nitrogens is 1. The van der Waals surface area contributed by atoms with Crippen molar-refractivity contribution in [1.29, 1.82) is 0 Å². The van der Waals surface area contributed by atoms with E-state index >= 15 is 0 Å². The Hall–Kier alpha value is -1.75. The fraction of sp³-hybridized carbons (Fsp3) is 0.154. The molecule has 0 saturated carbocycles.